The average Bonchev–Trinajstić information content (AvgIpc) is 2.75. The molecule has 1 fully saturated rings. The molecule has 132 valence electrons. The molecule has 1 aliphatic rings. The van der Waals surface area contributed by atoms with Gasteiger partial charge in [-0.25, -0.2) is 0 Å². The van der Waals surface area contributed by atoms with Crippen LogP contribution < -0.4 is 10.2 Å². The van der Waals surface area contributed by atoms with Crippen molar-refractivity contribution in [3.8, 4) is 5.75 Å². The number of nitrogens with zero attached hydrogens (tertiary/aromatic N) is 1. The Morgan fingerprint density at radius 3 is 2.00 bits per heavy atom. The van der Waals surface area contributed by atoms with Gasteiger partial charge in [0.2, 0.25) is 0 Å². The molecule has 1 heterocycles. The molecule has 0 spiro atoms. The third-order valence-electron chi connectivity index (χ3n) is 4.88. The molecule has 1 amide bonds. The third kappa shape index (κ3) is 3.93. The van der Waals surface area contributed by atoms with E-state index < -0.39 is 0 Å². The Kier molecular flexibility index (Phi) is 5.61. The molecule has 6 heteroatoms. The first-order valence-corrected chi connectivity index (χ1v) is 8.56. The smallest absolute Gasteiger partial charge is 0.484 e. The fourth-order valence-corrected chi connectivity index (χ4v) is 2.51. The fourth-order valence-electron chi connectivity index (χ4n) is 2.51. The summed E-state index contributed by atoms with van der Waals surface area (Å²) in [6.07, 6.45) is 0. The highest BCUT2D eigenvalue weighted by molar-refractivity contribution is 6.62. The maximum absolute atomic E-state index is 12.0. The monoisotopic (exact) mass is 333 g/mol. The van der Waals surface area contributed by atoms with E-state index in [4.69, 9.17) is 14.0 Å². The van der Waals surface area contributed by atoms with Crippen LogP contribution in [-0.2, 0) is 14.1 Å². The van der Waals surface area contributed by atoms with Gasteiger partial charge >= 0.3 is 7.12 Å². The van der Waals surface area contributed by atoms with Crippen LogP contribution in [0.1, 0.15) is 41.5 Å². The van der Waals surface area contributed by atoms with Gasteiger partial charge in [-0.15, -0.1) is 0 Å². The topological polar surface area (TPSA) is 48.0 Å². The molecule has 5 nitrogen and oxygen atoms in total. The molecule has 0 unspecified atom stereocenters. The lowest BCUT2D eigenvalue weighted by Crippen LogP contribution is -2.41. The lowest BCUT2D eigenvalue weighted by atomic mass is 9.79. The van der Waals surface area contributed by atoms with Gasteiger partial charge in [-0.3, -0.25) is 4.79 Å². The molecule has 0 N–H and O–H groups in total. The van der Waals surface area contributed by atoms with Gasteiger partial charge in [0.15, 0.2) is 6.61 Å². The molecule has 0 radical (unpaired) electrons. The van der Waals surface area contributed by atoms with Crippen molar-refractivity contribution in [2.75, 3.05) is 19.7 Å². The Balaban J connectivity index is 1.96. The molecule has 0 aromatic heterocycles. The normalized spacial score (nSPS) is 18.5. The molecule has 1 aromatic carbocycles. The highest BCUT2D eigenvalue weighted by Crippen LogP contribution is 2.36. The van der Waals surface area contributed by atoms with Gasteiger partial charge in [-0.2, -0.15) is 0 Å². The number of carbonyl (C=O) groups is 1. The van der Waals surface area contributed by atoms with E-state index in [0.29, 0.717) is 18.8 Å². The van der Waals surface area contributed by atoms with Gasteiger partial charge < -0.3 is 18.9 Å². The SMILES string of the molecule is CCN(CC)C(=O)COc1ccc(B2OC(C)(C)C(C)(C)O2)cc1. The van der Waals surface area contributed by atoms with Crippen LogP contribution in [0.25, 0.3) is 0 Å². The standard InChI is InChI=1S/C18H28BNO4/c1-7-20(8-2)16(21)13-22-15-11-9-14(10-12-15)19-23-17(3,4)18(5,6)24-19/h9-12H,7-8,13H2,1-6H3. The Hall–Kier alpha value is -1.53. The highest BCUT2D eigenvalue weighted by Gasteiger charge is 2.51. The first-order valence-electron chi connectivity index (χ1n) is 8.56. The van der Waals surface area contributed by atoms with Crippen LogP contribution in [0.3, 0.4) is 0 Å². The van der Waals surface area contributed by atoms with Crippen molar-refractivity contribution in [2.45, 2.75) is 52.7 Å². The van der Waals surface area contributed by atoms with Gasteiger partial charge in [0.1, 0.15) is 5.75 Å². The lowest BCUT2D eigenvalue weighted by Gasteiger charge is -2.32. The minimum Gasteiger partial charge on any atom is -0.484 e. The number of rotatable bonds is 6. The molecule has 1 aliphatic heterocycles. The molecule has 1 saturated heterocycles. The van der Waals surface area contributed by atoms with Gasteiger partial charge in [-0.05, 0) is 59.1 Å². The highest BCUT2D eigenvalue weighted by atomic mass is 16.7. The van der Waals surface area contributed by atoms with E-state index in [1.807, 2.05) is 65.8 Å². The quantitative estimate of drug-likeness (QED) is 0.749. The average molecular weight is 333 g/mol. The number of amides is 1. The first kappa shape index (κ1) is 18.8. The zero-order valence-electron chi connectivity index (χ0n) is 15.6. The summed E-state index contributed by atoms with van der Waals surface area (Å²) >= 11 is 0. The maximum Gasteiger partial charge on any atom is 0.494 e. The second-order valence-corrected chi connectivity index (χ2v) is 7.01. The Morgan fingerprint density at radius 2 is 1.54 bits per heavy atom. The summed E-state index contributed by atoms with van der Waals surface area (Å²) in [4.78, 5) is 13.7. The molecule has 2 rings (SSSR count). The predicted octanol–water partition coefficient (Wildman–Crippen LogP) is 2.23. The fraction of sp³-hybridized carbons (Fsp3) is 0.611. The van der Waals surface area contributed by atoms with E-state index >= 15 is 0 Å². The van der Waals surface area contributed by atoms with Gasteiger partial charge in [0.05, 0.1) is 11.2 Å². The first-order chi connectivity index (χ1) is 11.2. The zero-order valence-corrected chi connectivity index (χ0v) is 15.6. The molecule has 0 saturated carbocycles. The second-order valence-electron chi connectivity index (χ2n) is 7.01. The summed E-state index contributed by atoms with van der Waals surface area (Å²) < 4.78 is 17.6. The summed E-state index contributed by atoms with van der Waals surface area (Å²) in [6.45, 7) is 13.5. The van der Waals surface area contributed by atoms with E-state index in [1.165, 1.54) is 0 Å². The molecule has 0 atom stereocenters. The number of hydrogen-bond acceptors (Lipinski definition) is 4. The van der Waals surface area contributed by atoms with Crippen molar-refractivity contribution in [2.24, 2.45) is 0 Å². The van der Waals surface area contributed by atoms with Crippen LogP contribution in [0.2, 0.25) is 0 Å². The van der Waals surface area contributed by atoms with Gasteiger partial charge in [0.25, 0.3) is 5.91 Å². The van der Waals surface area contributed by atoms with Crippen LogP contribution >= 0.6 is 0 Å². The predicted molar refractivity (Wildman–Crippen MR) is 95.6 cm³/mol. The van der Waals surface area contributed by atoms with Crippen LogP contribution in [0.5, 0.6) is 5.75 Å². The largest absolute Gasteiger partial charge is 0.494 e. The van der Waals surface area contributed by atoms with E-state index in [0.717, 1.165) is 5.46 Å². The van der Waals surface area contributed by atoms with Crippen LogP contribution in [0, 0.1) is 0 Å². The molecule has 0 bridgehead atoms. The van der Waals surface area contributed by atoms with Crippen LogP contribution in [0.4, 0.5) is 0 Å². The van der Waals surface area contributed by atoms with E-state index in [-0.39, 0.29) is 30.8 Å². The molecular weight excluding hydrogens is 305 g/mol. The van der Waals surface area contributed by atoms with Crippen molar-refractivity contribution in [1.82, 2.24) is 4.90 Å². The number of likely N-dealkylation sites (N-methyl/N-ethyl adjacent to an activating group) is 1. The number of hydrogen-bond donors (Lipinski definition) is 0. The van der Waals surface area contributed by atoms with Crippen molar-refractivity contribution < 1.29 is 18.8 Å². The summed E-state index contributed by atoms with van der Waals surface area (Å²) in [5, 5.41) is 0. The summed E-state index contributed by atoms with van der Waals surface area (Å²) in [6, 6.07) is 7.52. The third-order valence-corrected chi connectivity index (χ3v) is 4.88. The van der Waals surface area contributed by atoms with Crippen molar-refractivity contribution in [3.63, 3.8) is 0 Å². The van der Waals surface area contributed by atoms with Gasteiger partial charge in [0, 0.05) is 13.1 Å². The molecule has 0 aliphatic carbocycles. The summed E-state index contributed by atoms with van der Waals surface area (Å²) in [5.41, 5.74) is 0.225. The second kappa shape index (κ2) is 7.15. The van der Waals surface area contributed by atoms with Crippen molar-refractivity contribution in [3.05, 3.63) is 24.3 Å². The van der Waals surface area contributed by atoms with E-state index in [1.54, 1.807) is 4.90 Å². The Labute approximate surface area is 145 Å². The molecule has 1 aromatic rings. The van der Waals surface area contributed by atoms with E-state index in [9.17, 15) is 4.79 Å². The van der Waals surface area contributed by atoms with Crippen molar-refractivity contribution >= 4 is 18.5 Å². The van der Waals surface area contributed by atoms with Crippen LogP contribution in [0.15, 0.2) is 24.3 Å². The van der Waals surface area contributed by atoms with Crippen molar-refractivity contribution in [1.29, 1.82) is 0 Å². The summed E-state index contributed by atoms with van der Waals surface area (Å²) in [5.74, 6) is 0.658. The number of carbonyl (C=O) groups excluding carboxylic acids is 1. The minimum absolute atomic E-state index is 0.00460. The molecular formula is C18H28BNO4. The number of benzene rings is 1. The Morgan fingerprint density at radius 1 is 1.04 bits per heavy atom. The molecule has 24 heavy (non-hydrogen) atoms. The maximum atomic E-state index is 12.0. The van der Waals surface area contributed by atoms with Crippen LogP contribution in [-0.4, -0.2) is 48.8 Å². The summed E-state index contributed by atoms with van der Waals surface area (Å²) in [7, 11) is -0.388. The number of ether oxygens (including phenoxy) is 1. The van der Waals surface area contributed by atoms with E-state index in [2.05, 4.69) is 0 Å². The zero-order chi connectivity index (χ0) is 18.0. The lowest BCUT2D eigenvalue weighted by molar-refractivity contribution is -0.132. The minimum atomic E-state index is -0.388. The Bertz CT molecular complexity index is 551. The van der Waals surface area contributed by atoms with Gasteiger partial charge in [-0.1, -0.05) is 12.1 Å².